The number of rotatable bonds is 5. The van der Waals surface area contributed by atoms with Crippen LogP contribution in [-0.2, 0) is 6.42 Å². The third-order valence-electron chi connectivity index (χ3n) is 7.01. The summed E-state index contributed by atoms with van der Waals surface area (Å²) in [5, 5.41) is 3.49. The van der Waals surface area contributed by atoms with Crippen LogP contribution in [0.3, 0.4) is 0 Å². The first kappa shape index (κ1) is 16.3. The fourth-order valence-corrected chi connectivity index (χ4v) is 6.34. The molecule has 4 saturated carbocycles. The zero-order chi connectivity index (χ0) is 17.7. The highest BCUT2D eigenvalue weighted by molar-refractivity contribution is 5.99. The molecule has 4 bridgehead atoms. The summed E-state index contributed by atoms with van der Waals surface area (Å²) < 4.78 is 2.10. The monoisotopic (exact) mass is 351 g/mol. The van der Waals surface area contributed by atoms with Crippen molar-refractivity contribution >= 4 is 11.4 Å². The maximum absolute atomic E-state index is 13.2. The lowest BCUT2D eigenvalue weighted by atomic mass is 9.53. The minimum absolute atomic E-state index is 0.0402. The van der Waals surface area contributed by atoms with E-state index in [1.165, 1.54) is 38.5 Å². The predicted octanol–water partition coefficient (Wildman–Crippen LogP) is 4.38. The van der Waals surface area contributed by atoms with Gasteiger partial charge in [-0.05, 0) is 74.8 Å². The highest BCUT2D eigenvalue weighted by Crippen LogP contribution is 2.55. The molecule has 4 fully saturated rings. The van der Waals surface area contributed by atoms with E-state index in [1.54, 1.807) is 0 Å². The van der Waals surface area contributed by atoms with Crippen LogP contribution in [0.4, 0.5) is 0 Å². The van der Waals surface area contributed by atoms with Crippen LogP contribution >= 0.6 is 0 Å². The number of carbonyl (C=O) groups excluding carboxylic acids is 1. The van der Waals surface area contributed by atoms with Crippen molar-refractivity contribution in [1.29, 1.82) is 0 Å². The van der Waals surface area contributed by atoms with E-state index >= 15 is 0 Å². The Labute approximate surface area is 155 Å². The molecule has 0 atom stereocenters. The van der Waals surface area contributed by atoms with Crippen LogP contribution in [0.15, 0.2) is 24.4 Å². The highest BCUT2D eigenvalue weighted by atomic mass is 16.2. The van der Waals surface area contributed by atoms with Crippen LogP contribution in [0.2, 0.25) is 0 Å². The zero-order valence-corrected chi connectivity index (χ0v) is 15.7. The molecule has 0 unspecified atom stereocenters. The van der Waals surface area contributed by atoms with Crippen molar-refractivity contribution in [3.05, 3.63) is 35.9 Å². The number of unbranched alkanes of at least 4 members (excludes halogenated alkanes) is 1. The number of hydrogen-bond donors (Lipinski definition) is 1. The van der Waals surface area contributed by atoms with Crippen LogP contribution in [0, 0.1) is 17.8 Å². The van der Waals surface area contributed by atoms with E-state index in [0.717, 1.165) is 48.4 Å². The normalized spacial score (nSPS) is 32.3. The van der Waals surface area contributed by atoms with Crippen molar-refractivity contribution in [2.75, 3.05) is 0 Å². The van der Waals surface area contributed by atoms with E-state index in [2.05, 4.69) is 16.6 Å². The molecular weight excluding hydrogens is 322 g/mol. The maximum Gasteiger partial charge on any atom is 0.272 e. The van der Waals surface area contributed by atoms with Gasteiger partial charge in [0.25, 0.3) is 5.91 Å². The summed E-state index contributed by atoms with van der Waals surface area (Å²) in [6.45, 7) is 2.19. The molecule has 4 aliphatic carbocycles. The summed E-state index contributed by atoms with van der Waals surface area (Å²) in [7, 11) is 0. The molecule has 0 aromatic carbocycles. The predicted molar refractivity (Wildman–Crippen MR) is 102 cm³/mol. The Balaban J connectivity index is 1.44. The zero-order valence-electron chi connectivity index (χ0n) is 15.7. The quantitative estimate of drug-likeness (QED) is 0.869. The van der Waals surface area contributed by atoms with Gasteiger partial charge in [-0.2, -0.15) is 0 Å². The molecule has 2 aromatic rings. The van der Waals surface area contributed by atoms with Gasteiger partial charge in [0, 0.05) is 18.2 Å². The Morgan fingerprint density at radius 1 is 1.19 bits per heavy atom. The van der Waals surface area contributed by atoms with Crippen LogP contribution in [-0.4, -0.2) is 20.8 Å². The van der Waals surface area contributed by atoms with Gasteiger partial charge in [-0.15, -0.1) is 0 Å². The van der Waals surface area contributed by atoms with Crippen molar-refractivity contribution in [3.8, 4) is 0 Å². The van der Waals surface area contributed by atoms with Gasteiger partial charge >= 0.3 is 0 Å². The molecule has 2 aromatic heterocycles. The largest absolute Gasteiger partial charge is 0.345 e. The fourth-order valence-electron chi connectivity index (χ4n) is 6.34. The van der Waals surface area contributed by atoms with E-state index in [1.807, 2.05) is 24.4 Å². The Kier molecular flexibility index (Phi) is 3.84. The lowest BCUT2D eigenvalue weighted by molar-refractivity contribution is -0.0167. The van der Waals surface area contributed by atoms with Crippen LogP contribution in [0.25, 0.3) is 5.52 Å². The summed E-state index contributed by atoms with van der Waals surface area (Å²) in [4.78, 5) is 18.0. The van der Waals surface area contributed by atoms with Gasteiger partial charge in [-0.3, -0.25) is 4.79 Å². The first-order valence-corrected chi connectivity index (χ1v) is 10.4. The molecule has 6 rings (SSSR count). The number of aromatic nitrogens is 2. The molecule has 2 heterocycles. The van der Waals surface area contributed by atoms with Gasteiger partial charge in [0.15, 0.2) is 5.69 Å². The molecule has 1 N–H and O–H groups in total. The third kappa shape index (κ3) is 2.65. The molecule has 4 nitrogen and oxygen atoms in total. The number of carbonyl (C=O) groups is 1. The first-order valence-electron chi connectivity index (χ1n) is 10.4. The summed E-state index contributed by atoms with van der Waals surface area (Å²) in [6, 6.07) is 6.05. The maximum atomic E-state index is 13.2. The van der Waals surface area contributed by atoms with Gasteiger partial charge in [0.05, 0.1) is 5.52 Å². The van der Waals surface area contributed by atoms with Crippen molar-refractivity contribution in [1.82, 2.24) is 14.7 Å². The highest BCUT2D eigenvalue weighted by Gasteiger charge is 2.51. The molecule has 0 radical (unpaired) electrons. The molecule has 26 heavy (non-hydrogen) atoms. The van der Waals surface area contributed by atoms with Crippen molar-refractivity contribution in [2.24, 2.45) is 17.8 Å². The second-order valence-corrected chi connectivity index (χ2v) is 9.09. The number of hydrogen-bond acceptors (Lipinski definition) is 2. The molecule has 4 aliphatic rings. The number of amides is 1. The summed E-state index contributed by atoms with van der Waals surface area (Å²) in [5.74, 6) is 3.55. The molecule has 0 spiro atoms. The Bertz CT molecular complexity index is 802. The van der Waals surface area contributed by atoms with Crippen molar-refractivity contribution < 1.29 is 4.79 Å². The van der Waals surface area contributed by atoms with Crippen molar-refractivity contribution in [3.63, 3.8) is 0 Å². The first-order chi connectivity index (χ1) is 12.7. The average Bonchev–Trinajstić information content (AvgIpc) is 2.97. The van der Waals surface area contributed by atoms with E-state index in [0.29, 0.717) is 5.69 Å². The Morgan fingerprint density at radius 3 is 2.54 bits per heavy atom. The fraction of sp³-hybridized carbons (Fsp3) is 0.636. The van der Waals surface area contributed by atoms with Gasteiger partial charge in [0.1, 0.15) is 5.82 Å². The van der Waals surface area contributed by atoms with Crippen molar-refractivity contribution in [2.45, 2.75) is 70.3 Å². The average molecular weight is 351 g/mol. The van der Waals surface area contributed by atoms with E-state index in [9.17, 15) is 4.79 Å². The topological polar surface area (TPSA) is 46.4 Å². The smallest absolute Gasteiger partial charge is 0.272 e. The minimum atomic E-state index is 0.0402. The molecule has 138 valence electrons. The molecule has 1 amide bonds. The number of nitrogens with one attached hydrogen (secondary N) is 1. The standard InChI is InChI=1S/C22H29N3O/c1-2-3-7-19-23-20(18-6-4-5-8-25(18)19)21(26)24-22-12-15-9-16(13-22)11-17(10-15)14-22/h4-6,8,15-17H,2-3,7,9-14H2,1H3,(H,24,26). The number of pyridine rings is 1. The van der Waals surface area contributed by atoms with E-state index in [4.69, 9.17) is 4.98 Å². The molecule has 0 aliphatic heterocycles. The summed E-state index contributed by atoms with van der Waals surface area (Å²) >= 11 is 0. The van der Waals surface area contributed by atoms with Crippen LogP contribution in [0.1, 0.15) is 74.6 Å². The summed E-state index contributed by atoms with van der Waals surface area (Å²) in [6.07, 6.45) is 12.9. The minimum Gasteiger partial charge on any atom is -0.345 e. The molecule has 4 heteroatoms. The third-order valence-corrected chi connectivity index (χ3v) is 7.01. The molecule has 0 saturated heterocycles. The van der Waals surface area contributed by atoms with Crippen LogP contribution < -0.4 is 5.32 Å². The second kappa shape index (κ2) is 6.11. The Morgan fingerprint density at radius 2 is 1.88 bits per heavy atom. The number of fused-ring (bicyclic) bond motifs is 1. The van der Waals surface area contributed by atoms with Gasteiger partial charge in [-0.1, -0.05) is 19.4 Å². The van der Waals surface area contributed by atoms with Crippen LogP contribution in [0.5, 0.6) is 0 Å². The number of imidazole rings is 1. The van der Waals surface area contributed by atoms with Gasteiger partial charge in [-0.25, -0.2) is 4.98 Å². The van der Waals surface area contributed by atoms with Gasteiger partial charge < -0.3 is 9.72 Å². The van der Waals surface area contributed by atoms with Gasteiger partial charge in [0.2, 0.25) is 0 Å². The lowest BCUT2D eigenvalue weighted by Crippen LogP contribution is -2.59. The Hall–Kier alpha value is -1.84. The SMILES string of the molecule is CCCCc1nc(C(=O)NC23CC4CC(CC(C4)C2)C3)c2ccccn12. The lowest BCUT2D eigenvalue weighted by Gasteiger charge is -2.56. The molecular formula is C22H29N3O. The second-order valence-electron chi connectivity index (χ2n) is 9.09. The number of aryl methyl sites for hydroxylation is 1. The van der Waals surface area contributed by atoms with E-state index in [-0.39, 0.29) is 11.4 Å². The number of nitrogens with zero attached hydrogens (tertiary/aromatic N) is 2. The van der Waals surface area contributed by atoms with E-state index < -0.39 is 0 Å². The summed E-state index contributed by atoms with van der Waals surface area (Å²) in [5.41, 5.74) is 1.61.